The van der Waals surface area contributed by atoms with E-state index in [2.05, 4.69) is 10.2 Å². The Hall–Kier alpha value is -4.25. The number of carbonyl (C=O) groups excluding carboxylic acids is 2. The molecule has 5 rings (SSSR count). The van der Waals surface area contributed by atoms with Crippen molar-refractivity contribution in [2.45, 2.75) is 38.0 Å². The third-order valence-corrected chi connectivity index (χ3v) is 7.80. The van der Waals surface area contributed by atoms with Gasteiger partial charge in [-0.2, -0.15) is 13.2 Å². The molecule has 0 radical (unpaired) electrons. The van der Waals surface area contributed by atoms with E-state index < -0.39 is 23.7 Å². The number of nitrogens with one attached hydrogen (secondary N) is 1. The summed E-state index contributed by atoms with van der Waals surface area (Å²) < 4.78 is 45.1. The first-order valence-corrected chi connectivity index (χ1v) is 13.9. The van der Waals surface area contributed by atoms with Crippen molar-refractivity contribution in [3.63, 3.8) is 0 Å². The summed E-state index contributed by atoms with van der Waals surface area (Å²) in [5.41, 5.74) is 9.77. The smallest absolute Gasteiger partial charge is 0.416 e. The van der Waals surface area contributed by atoms with Crippen molar-refractivity contribution >= 4 is 17.6 Å². The normalized spacial score (nSPS) is 16.1. The minimum Gasteiger partial charge on any atom is -0.508 e. The Morgan fingerprint density at radius 1 is 1.00 bits per heavy atom. The van der Waals surface area contributed by atoms with Crippen molar-refractivity contribution in [3.8, 4) is 16.9 Å². The second kappa shape index (κ2) is 12.3. The molecule has 3 amide bonds. The van der Waals surface area contributed by atoms with Crippen molar-refractivity contribution in [2.75, 3.05) is 37.7 Å². The Labute approximate surface area is 241 Å². The molecule has 1 atom stereocenters. The van der Waals surface area contributed by atoms with Gasteiger partial charge >= 0.3 is 12.2 Å². The zero-order valence-corrected chi connectivity index (χ0v) is 23.0. The van der Waals surface area contributed by atoms with Gasteiger partial charge in [0.2, 0.25) is 5.91 Å². The summed E-state index contributed by atoms with van der Waals surface area (Å²) in [7, 11) is 0. The van der Waals surface area contributed by atoms with Crippen LogP contribution in [-0.2, 0) is 28.7 Å². The van der Waals surface area contributed by atoms with Gasteiger partial charge in [-0.25, -0.2) is 4.79 Å². The van der Waals surface area contributed by atoms with E-state index in [-0.39, 0.29) is 24.6 Å². The lowest BCUT2D eigenvalue weighted by Gasteiger charge is -2.37. The number of hydrogen-bond donors (Lipinski definition) is 3. The number of amides is 3. The lowest BCUT2D eigenvalue weighted by molar-refractivity contribution is -0.137. The van der Waals surface area contributed by atoms with Crippen LogP contribution in [0.1, 0.15) is 41.1 Å². The number of aromatic hydroxyl groups is 1. The standard InChI is InChI=1S/C31H33F3N4O4/c32-31(33,34)22-6-4-20(5-7-22)24-8-10-28(37-14-16-42-17-15-37)26-19-38(13-12-25(24)26)30(41)36-27(9-11-29(35)40)21-2-1-3-23(39)18-21/h1-8,10,18,27,39H,9,11-17,19H2,(H2,35,40)(H,36,41)/t27-/m0/s1. The van der Waals surface area contributed by atoms with Crippen LogP contribution in [0.5, 0.6) is 5.75 Å². The number of rotatable bonds is 7. The molecule has 11 heteroatoms. The summed E-state index contributed by atoms with van der Waals surface area (Å²) >= 11 is 0. The number of ether oxygens (including phenoxy) is 1. The van der Waals surface area contributed by atoms with Crippen LogP contribution >= 0.6 is 0 Å². The van der Waals surface area contributed by atoms with E-state index >= 15 is 0 Å². The topological polar surface area (TPSA) is 108 Å². The highest BCUT2D eigenvalue weighted by Gasteiger charge is 2.31. The fourth-order valence-electron chi connectivity index (χ4n) is 5.63. The minimum absolute atomic E-state index is 0.0451. The molecule has 4 N–H and O–H groups in total. The Morgan fingerprint density at radius 3 is 2.40 bits per heavy atom. The number of phenols is 1. The first-order chi connectivity index (χ1) is 20.1. The molecule has 1 saturated heterocycles. The Bertz CT molecular complexity index is 1440. The van der Waals surface area contributed by atoms with Gasteiger partial charge in [-0.3, -0.25) is 4.79 Å². The quantitative estimate of drug-likeness (QED) is 0.364. The SMILES string of the molecule is NC(=O)CC[C@H](NC(=O)N1CCc2c(-c3ccc(C(F)(F)F)cc3)ccc(N3CCOCC3)c2C1)c1cccc(O)c1. The van der Waals surface area contributed by atoms with Crippen molar-refractivity contribution < 1.29 is 32.6 Å². The van der Waals surface area contributed by atoms with Gasteiger partial charge < -0.3 is 30.7 Å². The zero-order chi connectivity index (χ0) is 29.9. The van der Waals surface area contributed by atoms with Gasteiger partial charge in [0.05, 0.1) is 24.8 Å². The summed E-state index contributed by atoms with van der Waals surface area (Å²) in [6, 6.07) is 14.7. The van der Waals surface area contributed by atoms with Crippen LogP contribution in [0, 0.1) is 0 Å². The molecule has 0 spiro atoms. The van der Waals surface area contributed by atoms with Gasteiger partial charge in [0.25, 0.3) is 0 Å². The molecular formula is C31H33F3N4O4. The highest BCUT2D eigenvalue weighted by Crippen LogP contribution is 2.38. The van der Waals surface area contributed by atoms with E-state index in [1.54, 1.807) is 23.1 Å². The summed E-state index contributed by atoms with van der Waals surface area (Å²) in [5, 5.41) is 13.0. The fourth-order valence-corrected chi connectivity index (χ4v) is 5.63. The van der Waals surface area contributed by atoms with Crippen LogP contribution < -0.4 is 16.0 Å². The van der Waals surface area contributed by atoms with Gasteiger partial charge in [0.15, 0.2) is 0 Å². The molecule has 0 aliphatic carbocycles. The monoisotopic (exact) mass is 582 g/mol. The van der Waals surface area contributed by atoms with Crippen LogP contribution in [0.25, 0.3) is 11.1 Å². The molecule has 0 saturated carbocycles. The number of primary amides is 1. The lowest BCUT2D eigenvalue weighted by atomic mass is 9.88. The Kier molecular flexibility index (Phi) is 8.58. The number of morpholine rings is 1. The van der Waals surface area contributed by atoms with E-state index in [4.69, 9.17) is 10.5 Å². The maximum absolute atomic E-state index is 13.6. The van der Waals surface area contributed by atoms with Crippen LogP contribution in [0.15, 0.2) is 60.7 Å². The van der Waals surface area contributed by atoms with Crippen LogP contribution in [0.4, 0.5) is 23.7 Å². The average molecular weight is 583 g/mol. The highest BCUT2D eigenvalue weighted by atomic mass is 19.4. The molecule has 2 heterocycles. The van der Waals surface area contributed by atoms with Crippen molar-refractivity contribution in [2.24, 2.45) is 5.73 Å². The van der Waals surface area contributed by atoms with Gasteiger partial charge in [0, 0.05) is 38.3 Å². The summed E-state index contributed by atoms with van der Waals surface area (Å²) in [6.45, 7) is 3.21. The first kappa shape index (κ1) is 29.2. The van der Waals surface area contributed by atoms with E-state index in [0.717, 1.165) is 34.5 Å². The molecule has 2 aliphatic heterocycles. The second-order valence-electron chi connectivity index (χ2n) is 10.5. The van der Waals surface area contributed by atoms with E-state index in [1.165, 1.54) is 18.2 Å². The van der Waals surface area contributed by atoms with Crippen molar-refractivity contribution in [1.82, 2.24) is 10.2 Å². The number of nitrogens with zero attached hydrogens (tertiary/aromatic N) is 2. The Morgan fingerprint density at radius 2 is 1.74 bits per heavy atom. The maximum Gasteiger partial charge on any atom is 0.416 e. The molecule has 42 heavy (non-hydrogen) atoms. The molecule has 222 valence electrons. The average Bonchev–Trinajstić information content (AvgIpc) is 2.98. The minimum atomic E-state index is -4.42. The highest BCUT2D eigenvalue weighted by molar-refractivity contribution is 5.79. The molecule has 0 unspecified atom stereocenters. The fraction of sp³-hybridized carbons (Fsp3) is 0.355. The van der Waals surface area contributed by atoms with Crippen LogP contribution in [-0.4, -0.2) is 54.8 Å². The van der Waals surface area contributed by atoms with E-state index in [1.807, 2.05) is 12.1 Å². The molecule has 8 nitrogen and oxygen atoms in total. The Balaban J connectivity index is 1.44. The first-order valence-electron chi connectivity index (χ1n) is 13.9. The molecule has 2 aliphatic rings. The lowest BCUT2D eigenvalue weighted by Crippen LogP contribution is -2.45. The number of urea groups is 1. The molecular weight excluding hydrogens is 549 g/mol. The number of hydrogen-bond acceptors (Lipinski definition) is 5. The van der Waals surface area contributed by atoms with E-state index in [0.29, 0.717) is 56.9 Å². The second-order valence-corrected chi connectivity index (χ2v) is 10.5. The van der Waals surface area contributed by atoms with Crippen LogP contribution in [0.3, 0.4) is 0 Å². The largest absolute Gasteiger partial charge is 0.508 e. The number of fused-ring (bicyclic) bond motifs is 1. The number of phenolic OH excluding ortho intramolecular Hbond substituents is 1. The number of halogens is 3. The molecule has 1 fully saturated rings. The molecule has 0 bridgehead atoms. The van der Waals surface area contributed by atoms with E-state index in [9.17, 15) is 27.9 Å². The predicted octanol–water partition coefficient (Wildman–Crippen LogP) is 4.99. The third kappa shape index (κ3) is 6.62. The zero-order valence-electron chi connectivity index (χ0n) is 23.0. The number of nitrogens with two attached hydrogens (primary N) is 1. The van der Waals surface area contributed by atoms with Crippen molar-refractivity contribution in [1.29, 1.82) is 0 Å². The predicted molar refractivity (Wildman–Crippen MR) is 152 cm³/mol. The van der Waals surface area contributed by atoms with Crippen LogP contribution in [0.2, 0.25) is 0 Å². The van der Waals surface area contributed by atoms with Crippen molar-refractivity contribution in [3.05, 3.63) is 82.9 Å². The number of benzene rings is 3. The van der Waals surface area contributed by atoms with Gasteiger partial charge in [-0.15, -0.1) is 0 Å². The molecule has 3 aromatic rings. The number of alkyl halides is 3. The summed E-state index contributed by atoms with van der Waals surface area (Å²) in [6.07, 6.45) is -3.58. The van der Waals surface area contributed by atoms with Gasteiger partial charge in [0.1, 0.15) is 5.75 Å². The third-order valence-electron chi connectivity index (χ3n) is 7.80. The summed E-state index contributed by atoms with van der Waals surface area (Å²) in [5.74, 6) is -0.448. The van der Waals surface area contributed by atoms with Gasteiger partial charge in [-0.1, -0.05) is 30.3 Å². The maximum atomic E-state index is 13.6. The molecule has 0 aromatic heterocycles. The number of anilines is 1. The van der Waals surface area contributed by atoms with Gasteiger partial charge in [-0.05, 0) is 71.0 Å². The number of carbonyl (C=O) groups is 2. The molecule has 3 aromatic carbocycles. The summed E-state index contributed by atoms with van der Waals surface area (Å²) in [4.78, 5) is 29.0.